The number of pyridine rings is 1. The van der Waals surface area contributed by atoms with E-state index in [1.54, 1.807) is 4.90 Å². The van der Waals surface area contributed by atoms with Crippen molar-refractivity contribution in [3.8, 4) is 23.0 Å². The van der Waals surface area contributed by atoms with Gasteiger partial charge in [0, 0.05) is 42.1 Å². The summed E-state index contributed by atoms with van der Waals surface area (Å²) < 4.78 is 81.8. The summed E-state index contributed by atoms with van der Waals surface area (Å²) in [6.45, 7) is 2.35. The molecule has 0 radical (unpaired) electrons. The molecular weight excluding hydrogens is 581 g/mol. The van der Waals surface area contributed by atoms with Crippen LogP contribution in [0.15, 0.2) is 30.5 Å². The fourth-order valence-corrected chi connectivity index (χ4v) is 8.07. The Morgan fingerprint density at radius 3 is 2.41 bits per heavy atom. The predicted molar refractivity (Wildman–Crippen MR) is 153 cm³/mol. The molecule has 2 aromatic carbocycles. The fourth-order valence-electron chi connectivity index (χ4n) is 8.07. The first kappa shape index (κ1) is 27.7. The second-order valence-electron chi connectivity index (χ2n) is 12.7. The standard InChI is InChI=1S/C32H30F5N5O2/c33-23-6-3-17-11-20(43)12-21(24(17)25(23)34)27-26(35)28-22(13-38-27)29(41-14-18-4-5-19(15-41)32(18,36)37)40-30(39-28)44-16-31-7-1-9-42(31)10-2-8-31/h3,6,11-13,18-19,43H,1-2,4-5,7-10,14-16H2. The van der Waals surface area contributed by atoms with Gasteiger partial charge in [-0.15, -0.1) is 0 Å². The van der Waals surface area contributed by atoms with Crippen LogP contribution in [0, 0.1) is 29.3 Å². The topological polar surface area (TPSA) is 74.6 Å². The van der Waals surface area contributed by atoms with Crippen LogP contribution >= 0.6 is 0 Å². The minimum atomic E-state index is -2.78. The zero-order chi connectivity index (χ0) is 30.4. The Balaban J connectivity index is 1.27. The average molecular weight is 612 g/mol. The number of rotatable bonds is 5. The van der Waals surface area contributed by atoms with Crippen molar-refractivity contribution >= 4 is 27.5 Å². The van der Waals surface area contributed by atoms with Gasteiger partial charge in [-0.05, 0) is 75.2 Å². The van der Waals surface area contributed by atoms with Crippen LogP contribution in [-0.4, -0.2) is 69.2 Å². The molecular formula is C32H30F5N5O2. The molecule has 2 aromatic heterocycles. The second kappa shape index (κ2) is 9.85. The van der Waals surface area contributed by atoms with E-state index in [0.717, 1.165) is 50.9 Å². The van der Waals surface area contributed by atoms with Crippen LogP contribution in [0.25, 0.3) is 32.9 Å². The number of phenols is 1. The smallest absolute Gasteiger partial charge is 0.319 e. The summed E-state index contributed by atoms with van der Waals surface area (Å²) >= 11 is 0. The molecule has 12 heteroatoms. The maximum Gasteiger partial charge on any atom is 0.319 e. The molecule has 44 heavy (non-hydrogen) atoms. The summed E-state index contributed by atoms with van der Waals surface area (Å²) in [7, 11) is 0. The van der Waals surface area contributed by atoms with E-state index in [0.29, 0.717) is 19.4 Å². The predicted octanol–water partition coefficient (Wildman–Crippen LogP) is 6.46. The molecule has 5 heterocycles. The Morgan fingerprint density at radius 1 is 0.955 bits per heavy atom. The zero-order valence-electron chi connectivity index (χ0n) is 23.8. The molecule has 4 aliphatic rings. The third-order valence-electron chi connectivity index (χ3n) is 10.3. The maximum absolute atomic E-state index is 16.6. The van der Waals surface area contributed by atoms with Gasteiger partial charge in [-0.1, -0.05) is 6.07 Å². The average Bonchev–Trinajstić information content (AvgIpc) is 3.59. The van der Waals surface area contributed by atoms with E-state index < -0.39 is 35.2 Å². The first-order chi connectivity index (χ1) is 21.1. The van der Waals surface area contributed by atoms with Crippen molar-refractivity contribution in [1.29, 1.82) is 0 Å². The molecule has 0 spiro atoms. The van der Waals surface area contributed by atoms with Crippen LogP contribution in [-0.2, 0) is 0 Å². The fraction of sp³-hybridized carbons (Fsp3) is 0.469. The highest BCUT2D eigenvalue weighted by Crippen LogP contribution is 2.50. The number of aromatic nitrogens is 3. The van der Waals surface area contributed by atoms with E-state index >= 15 is 8.78 Å². The van der Waals surface area contributed by atoms with Crippen molar-refractivity contribution in [3.05, 3.63) is 47.9 Å². The lowest BCUT2D eigenvalue weighted by molar-refractivity contribution is -0.0830. The van der Waals surface area contributed by atoms with Crippen molar-refractivity contribution < 1.29 is 31.8 Å². The number of hydrogen-bond donors (Lipinski definition) is 1. The highest BCUT2D eigenvalue weighted by atomic mass is 19.3. The van der Waals surface area contributed by atoms with Gasteiger partial charge in [-0.25, -0.2) is 22.0 Å². The Kier molecular flexibility index (Phi) is 6.21. The Morgan fingerprint density at radius 2 is 1.68 bits per heavy atom. The normalized spacial score (nSPS) is 24.0. The van der Waals surface area contributed by atoms with Crippen molar-refractivity contribution in [3.63, 3.8) is 0 Å². The van der Waals surface area contributed by atoms with Gasteiger partial charge in [0.25, 0.3) is 5.92 Å². The molecule has 230 valence electrons. The molecule has 1 N–H and O–H groups in total. The van der Waals surface area contributed by atoms with E-state index in [2.05, 4.69) is 19.9 Å². The molecule has 2 atom stereocenters. The molecule has 8 rings (SSSR count). The van der Waals surface area contributed by atoms with Gasteiger partial charge >= 0.3 is 6.01 Å². The molecule has 7 nitrogen and oxygen atoms in total. The van der Waals surface area contributed by atoms with Crippen LogP contribution in [0.5, 0.6) is 11.8 Å². The molecule has 4 aromatic rings. The van der Waals surface area contributed by atoms with Gasteiger partial charge in [-0.2, -0.15) is 9.97 Å². The number of hydrogen-bond acceptors (Lipinski definition) is 7. The number of nitrogens with zero attached hydrogens (tertiary/aromatic N) is 5. The van der Waals surface area contributed by atoms with Crippen molar-refractivity contribution in [1.82, 2.24) is 19.9 Å². The summed E-state index contributed by atoms with van der Waals surface area (Å²) in [4.78, 5) is 17.5. The summed E-state index contributed by atoms with van der Waals surface area (Å²) in [6, 6.07) is 4.51. The number of alkyl halides is 2. The van der Waals surface area contributed by atoms with Crippen LogP contribution in [0.3, 0.4) is 0 Å². The molecule has 3 aliphatic heterocycles. The van der Waals surface area contributed by atoms with Gasteiger partial charge in [-0.3, -0.25) is 9.88 Å². The Labute approximate surface area is 249 Å². The number of ether oxygens (including phenoxy) is 1. The van der Waals surface area contributed by atoms with E-state index in [1.807, 2.05) is 0 Å². The van der Waals surface area contributed by atoms with Gasteiger partial charge < -0.3 is 14.7 Å². The molecule has 2 bridgehead atoms. The maximum atomic E-state index is 16.6. The third-order valence-corrected chi connectivity index (χ3v) is 10.3. The highest BCUT2D eigenvalue weighted by Gasteiger charge is 2.56. The van der Waals surface area contributed by atoms with Crippen molar-refractivity contribution in [2.45, 2.75) is 50.0 Å². The number of piperidine rings is 1. The second-order valence-corrected chi connectivity index (χ2v) is 12.7. The van der Waals surface area contributed by atoms with Crippen LogP contribution < -0.4 is 9.64 Å². The monoisotopic (exact) mass is 611 g/mol. The van der Waals surface area contributed by atoms with E-state index in [4.69, 9.17) is 4.74 Å². The van der Waals surface area contributed by atoms with Gasteiger partial charge in [0.2, 0.25) is 0 Å². The van der Waals surface area contributed by atoms with Crippen LogP contribution in [0.1, 0.15) is 38.5 Å². The molecule has 0 amide bonds. The zero-order valence-corrected chi connectivity index (χ0v) is 23.8. The minimum absolute atomic E-state index is 0.0395. The lowest BCUT2D eigenvalue weighted by Crippen LogP contribution is -2.49. The van der Waals surface area contributed by atoms with E-state index in [-0.39, 0.29) is 69.1 Å². The largest absolute Gasteiger partial charge is 0.508 e. The summed E-state index contributed by atoms with van der Waals surface area (Å²) in [6.07, 6.45) is 6.14. The molecule has 1 saturated carbocycles. The summed E-state index contributed by atoms with van der Waals surface area (Å²) in [5.41, 5.74) is -0.823. The van der Waals surface area contributed by atoms with Gasteiger partial charge in [0.15, 0.2) is 17.5 Å². The first-order valence-electron chi connectivity index (χ1n) is 15.1. The third kappa shape index (κ3) is 4.13. The van der Waals surface area contributed by atoms with Gasteiger partial charge in [0.05, 0.1) is 10.9 Å². The highest BCUT2D eigenvalue weighted by molar-refractivity contribution is 6.00. The van der Waals surface area contributed by atoms with Crippen LogP contribution in [0.2, 0.25) is 0 Å². The molecule has 4 fully saturated rings. The Hall–Kier alpha value is -3.80. The molecule has 1 aliphatic carbocycles. The van der Waals surface area contributed by atoms with Crippen molar-refractivity contribution in [2.24, 2.45) is 11.8 Å². The number of aromatic hydroxyl groups is 1. The number of phenolic OH excluding ortho intramolecular Hbond substituents is 1. The number of benzene rings is 2. The van der Waals surface area contributed by atoms with Crippen LogP contribution in [0.4, 0.5) is 27.8 Å². The lowest BCUT2D eigenvalue weighted by atomic mass is 9.93. The van der Waals surface area contributed by atoms with Gasteiger partial charge in [0.1, 0.15) is 29.4 Å². The Bertz CT molecular complexity index is 1790. The lowest BCUT2D eigenvalue weighted by Gasteiger charge is -2.38. The quantitative estimate of drug-likeness (QED) is 0.260. The summed E-state index contributed by atoms with van der Waals surface area (Å²) in [5.74, 6) is -7.80. The first-order valence-corrected chi connectivity index (χ1v) is 15.1. The minimum Gasteiger partial charge on any atom is -0.508 e. The number of halogens is 5. The number of fused-ring (bicyclic) bond motifs is 5. The van der Waals surface area contributed by atoms with Crippen molar-refractivity contribution in [2.75, 3.05) is 37.7 Å². The number of anilines is 1. The molecule has 2 unspecified atom stereocenters. The summed E-state index contributed by atoms with van der Waals surface area (Å²) in [5, 5.41) is 10.5. The van der Waals surface area contributed by atoms with E-state index in [1.165, 1.54) is 18.3 Å². The molecule has 3 saturated heterocycles. The van der Waals surface area contributed by atoms with E-state index in [9.17, 15) is 18.3 Å². The SMILES string of the molecule is Oc1cc(-c2ncc3c(N4CC5CCC(C4)C5(F)F)nc(OCC45CCCN4CCC5)nc3c2F)c2c(F)c(F)ccc2c1.